The van der Waals surface area contributed by atoms with Crippen LogP contribution in [0, 0.1) is 5.92 Å². The van der Waals surface area contributed by atoms with E-state index < -0.39 is 18.0 Å². The molecule has 0 spiro atoms. The topological polar surface area (TPSA) is 123 Å². The minimum absolute atomic E-state index is 0.182. The fraction of sp³-hybridized carbons (Fsp3) is 0.565. The second kappa shape index (κ2) is 9.38. The van der Waals surface area contributed by atoms with Crippen molar-refractivity contribution in [2.24, 2.45) is 13.0 Å². The van der Waals surface area contributed by atoms with Crippen molar-refractivity contribution in [2.75, 3.05) is 20.2 Å². The second-order valence-corrected chi connectivity index (χ2v) is 9.06. The van der Waals surface area contributed by atoms with E-state index in [1.54, 1.807) is 18.7 Å². The molecule has 0 radical (unpaired) electrons. The number of carbonyl (C=O) groups is 3. The maximum atomic E-state index is 13.0. The Morgan fingerprint density at radius 2 is 2.03 bits per heavy atom. The Morgan fingerprint density at radius 3 is 2.73 bits per heavy atom. The molecular formula is C23H30N4O6. The van der Waals surface area contributed by atoms with E-state index in [2.05, 4.69) is 5.32 Å². The van der Waals surface area contributed by atoms with E-state index in [1.807, 2.05) is 18.2 Å². The number of hydrogen-bond donors (Lipinski definition) is 2. The van der Waals surface area contributed by atoms with Gasteiger partial charge in [-0.2, -0.15) is 0 Å². The van der Waals surface area contributed by atoms with Gasteiger partial charge in [0, 0.05) is 33.7 Å². The molecule has 178 valence electrons. The van der Waals surface area contributed by atoms with Crippen molar-refractivity contribution >= 4 is 28.9 Å². The number of ether oxygens (including phenoxy) is 1. The molecular weight excluding hydrogens is 428 g/mol. The van der Waals surface area contributed by atoms with Crippen molar-refractivity contribution in [3.63, 3.8) is 0 Å². The fourth-order valence-electron chi connectivity index (χ4n) is 4.85. The van der Waals surface area contributed by atoms with E-state index >= 15 is 0 Å². The highest BCUT2D eigenvalue weighted by atomic mass is 16.5. The summed E-state index contributed by atoms with van der Waals surface area (Å²) in [6.45, 7) is 0.986. The van der Waals surface area contributed by atoms with Crippen molar-refractivity contribution in [2.45, 2.75) is 50.7 Å². The lowest BCUT2D eigenvalue weighted by Crippen LogP contribution is -2.44. The second-order valence-electron chi connectivity index (χ2n) is 9.06. The number of aryl methyl sites for hydroxylation is 1. The number of hydrogen-bond acceptors (Lipinski definition) is 5. The van der Waals surface area contributed by atoms with E-state index in [0.29, 0.717) is 37.4 Å². The zero-order valence-electron chi connectivity index (χ0n) is 19.0. The van der Waals surface area contributed by atoms with Gasteiger partial charge in [-0.3, -0.25) is 24.0 Å². The summed E-state index contributed by atoms with van der Waals surface area (Å²) in [7, 11) is 3.26. The van der Waals surface area contributed by atoms with Crippen LogP contribution in [-0.2, 0) is 27.8 Å². The molecule has 10 nitrogen and oxygen atoms in total. The first-order chi connectivity index (χ1) is 15.8. The molecule has 3 amide bonds. The number of carboxylic acid groups (broad SMARTS) is 1. The summed E-state index contributed by atoms with van der Waals surface area (Å²) in [5.74, 6) is -0.294. The average Bonchev–Trinajstić information content (AvgIpc) is 3.00. The molecule has 1 aliphatic heterocycles. The first-order valence-electron chi connectivity index (χ1n) is 11.3. The first kappa shape index (κ1) is 23.0. The summed E-state index contributed by atoms with van der Waals surface area (Å²) in [5.41, 5.74) is 2.34. The zero-order chi connectivity index (χ0) is 23.7. The minimum Gasteiger partial charge on any atom is -0.465 e. The van der Waals surface area contributed by atoms with Crippen molar-refractivity contribution in [3.8, 4) is 0 Å². The molecule has 2 aromatic rings. The third kappa shape index (κ3) is 4.66. The number of para-hydroxylation sites is 1. The first-order valence-corrected chi connectivity index (χ1v) is 11.3. The number of nitrogens with one attached hydrogen (secondary N) is 1. The van der Waals surface area contributed by atoms with E-state index in [1.165, 1.54) is 9.47 Å². The van der Waals surface area contributed by atoms with Crippen LogP contribution < -0.4 is 11.0 Å². The summed E-state index contributed by atoms with van der Waals surface area (Å²) in [6, 6.07) is 5.10. The molecule has 33 heavy (non-hydrogen) atoms. The third-order valence-corrected chi connectivity index (χ3v) is 6.73. The van der Waals surface area contributed by atoms with Gasteiger partial charge in [-0.1, -0.05) is 12.1 Å². The number of imidazole rings is 1. The predicted molar refractivity (Wildman–Crippen MR) is 120 cm³/mol. The lowest BCUT2D eigenvalue weighted by atomic mass is 9.78. The molecule has 1 aromatic heterocycles. The van der Waals surface area contributed by atoms with Crippen LogP contribution >= 0.6 is 0 Å². The molecule has 1 aliphatic carbocycles. The molecule has 2 heterocycles. The van der Waals surface area contributed by atoms with E-state index in [9.17, 15) is 19.2 Å². The van der Waals surface area contributed by atoms with Crippen LogP contribution in [-0.4, -0.2) is 63.4 Å². The molecule has 0 bridgehead atoms. The van der Waals surface area contributed by atoms with Crippen LogP contribution in [0.4, 0.5) is 4.79 Å². The normalized spacial score (nSPS) is 22.8. The van der Waals surface area contributed by atoms with Crippen molar-refractivity contribution in [3.05, 3.63) is 34.2 Å². The predicted octanol–water partition coefficient (Wildman–Crippen LogP) is 1.66. The average molecular weight is 459 g/mol. The molecule has 2 aliphatic rings. The Hall–Kier alpha value is -3.14. The molecule has 4 rings (SSSR count). The number of piperidine rings is 1. The van der Waals surface area contributed by atoms with E-state index in [0.717, 1.165) is 30.3 Å². The SMILES string of the molecule is CN(CCCO[C@H]1C[C@H](Cc2cccc3c2n(C)c(=O)n3C2CCC(=O)NC2=O)C1)C(=O)O. The quantitative estimate of drug-likeness (QED) is 0.458. The summed E-state index contributed by atoms with van der Waals surface area (Å²) in [6.07, 6.45) is 3.10. The van der Waals surface area contributed by atoms with Gasteiger partial charge in [-0.05, 0) is 49.7 Å². The summed E-state index contributed by atoms with van der Waals surface area (Å²) >= 11 is 0. The van der Waals surface area contributed by atoms with Crippen molar-refractivity contribution < 1.29 is 24.2 Å². The number of carbonyl (C=O) groups excluding carboxylic acids is 2. The Morgan fingerprint density at radius 1 is 1.27 bits per heavy atom. The van der Waals surface area contributed by atoms with Crippen molar-refractivity contribution in [1.82, 2.24) is 19.4 Å². The molecule has 10 heteroatoms. The van der Waals surface area contributed by atoms with Gasteiger partial charge in [-0.15, -0.1) is 0 Å². The fourth-order valence-corrected chi connectivity index (χ4v) is 4.85. The smallest absolute Gasteiger partial charge is 0.407 e. The summed E-state index contributed by atoms with van der Waals surface area (Å²) in [4.78, 5) is 49.0. The maximum absolute atomic E-state index is 13.0. The highest BCUT2D eigenvalue weighted by Gasteiger charge is 2.33. The van der Waals surface area contributed by atoms with E-state index in [-0.39, 0.29) is 24.1 Å². The Bertz CT molecular complexity index is 1130. The molecule has 2 N–H and O–H groups in total. The summed E-state index contributed by atoms with van der Waals surface area (Å²) in [5, 5.41) is 11.2. The van der Waals surface area contributed by atoms with Gasteiger partial charge in [0.1, 0.15) is 6.04 Å². The highest BCUT2D eigenvalue weighted by molar-refractivity contribution is 6.00. The number of amides is 3. The van der Waals surface area contributed by atoms with Gasteiger partial charge in [0.2, 0.25) is 11.8 Å². The Labute approximate surface area is 191 Å². The maximum Gasteiger partial charge on any atom is 0.407 e. The summed E-state index contributed by atoms with van der Waals surface area (Å²) < 4.78 is 8.97. The number of nitrogens with zero attached hydrogens (tertiary/aromatic N) is 3. The van der Waals surface area contributed by atoms with Gasteiger partial charge in [0.05, 0.1) is 17.1 Å². The van der Waals surface area contributed by atoms with Crippen LogP contribution in [0.5, 0.6) is 0 Å². The number of benzene rings is 1. The number of fused-ring (bicyclic) bond motifs is 1. The zero-order valence-corrected chi connectivity index (χ0v) is 19.0. The van der Waals surface area contributed by atoms with Crippen molar-refractivity contribution in [1.29, 1.82) is 0 Å². The van der Waals surface area contributed by atoms with Crippen LogP contribution in [0.25, 0.3) is 11.0 Å². The lowest BCUT2D eigenvalue weighted by molar-refractivity contribution is -0.135. The Balaban J connectivity index is 1.40. The van der Waals surface area contributed by atoms with Gasteiger partial charge in [0.25, 0.3) is 0 Å². The molecule has 1 aromatic carbocycles. The molecule has 2 fully saturated rings. The molecule has 1 saturated carbocycles. The minimum atomic E-state index is -0.936. The van der Waals surface area contributed by atoms with Gasteiger partial charge < -0.3 is 14.7 Å². The standard InChI is InChI=1S/C23H30N4O6/c1-25(23(31)32)9-4-10-33-16-12-14(13-16)11-15-5-3-6-17-20(15)26(2)22(30)27(17)18-7-8-19(28)24-21(18)29/h3,5-6,14,16,18H,4,7-13H2,1-2H3,(H,31,32)(H,24,28,29)/t14-,16-,18?. The largest absolute Gasteiger partial charge is 0.465 e. The van der Waals surface area contributed by atoms with Crippen LogP contribution in [0.2, 0.25) is 0 Å². The van der Waals surface area contributed by atoms with Crippen LogP contribution in [0.15, 0.2) is 23.0 Å². The van der Waals surface area contributed by atoms with Gasteiger partial charge in [0.15, 0.2) is 0 Å². The number of aromatic nitrogens is 2. The van der Waals surface area contributed by atoms with Gasteiger partial charge in [-0.25, -0.2) is 9.59 Å². The lowest BCUT2D eigenvalue weighted by Gasteiger charge is -2.35. The monoisotopic (exact) mass is 458 g/mol. The number of imide groups is 1. The molecule has 1 saturated heterocycles. The van der Waals surface area contributed by atoms with Crippen LogP contribution in [0.3, 0.4) is 0 Å². The molecule has 1 atom stereocenters. The van der Waals surface area contributed by atoms with Gasteiger partial charge >= 0.3 is 11.8 Å². The van der Waals surface area contributed by atoms with E-state index in [4.69, 9.17) is 9.84 Å². The molecule has 1 unspecified atom stereocenters. The Kier molecular flexibility index (Phi) is 6.55. The third-order valence-electron chi connectivity index (χ3n) is 6.73. The highest BCUT2D eigenvalue weighted by Crippen LogP contribution is 2.35. The van der Waals surface area contributed by atoms with Crippen LogP contribution in [0.1, 0.15) is 43.7 Å². The number of rotatable bonds is 8.